The van der Waals surface area contributed by atoms with Crippen LogP contribution in [0.15, 0.2) is 54.0 Å². The normalized spacial score (nSPS) is 11.4. The maximum atomic E-state index is 13.8. The van der Waals surface area contributed by atoms with E-state index >= 15 is 0 Å². The van der Waals surface area contributed by atoms with Gasteiger partial charge < -0.3 is 4.98 Å². The summed E-state index contributed by atoms with van der Waals surface area (Å²) in [4.78, 5) is 3.21. The van der Waals surface area contributed by atoms with Gasteiger partial charge in [-0.05, 0) is 35.0 Å². The van der Waals surface area contributed by atoms with E-state index in [0.29, 0.717) is 0 Å². The predicted octanol–water partition coefficient (Wildman–Crippen LogP) is 5.19. The van der Waals surface area contributed by atoms with Crippen molar-refractivity contribution in [3.05, 3.63) is 59.9 Å². The molecule has 2 heterocycles. The fraction of sp³-hybridized carbons (Fsp3) is 0. The lowest BCUT2D eigenvalue weighted by molar-refractivity contribution is 0.630. The molecule has 0 bridgehead atoms. The maximum absolute atomic E-state index is 13.8. The molecule has 1 N–H and O–H groups in total. The zero-order chi connectivity index (χ0) is 12.8. The van der Waals surface area contributed by atoms with Crippen LogP contribution in [0.5, 0.6) is 0 Å². The van der Waals surface area contributed by atoms with Gasteiger partial charge in [0.1, 0.15) is 5.82 Å². The van der Waals surface area contributed by atoms with Crippen LogP contribution >= 0.6 is 11.3 Å². The summed E-state index contributed by atoms with van der Waals surface area (Å²) in [5.74, 6) is -0.198. The van der Waals surface area contributed by atoms with Crippen molar-refractivity contribution < 1.29 is 4.39 Å². The number of benzene rings is 2. The van der Waals surface area contributed by atoms with Gasteiger partial charge in [-0.3, -0.25) is 0 Å². The van der Waals surface area contributed by atoms with Crippen LogP contribution < -0.4 is 0 Å². The Morgan fingerprint density at radius 1 is 0.947 bits per heavy atom. The van der Waals surface area contributed by atoms with Gasteiger partial charge >= 0.3 is 0 Å². The predicted molar refractivity (Wildman–Crippen MR) is 79.1 cm³/mol. The van der Waals surface area contributed by atoms with Crippen molar-refractivity contribution in [2.45, 2.75) is 0 Å². The van der Waals surface area contributed by atoms with Crippen molar-refractivity contribution in [3.63, 3.8) is 0 Å². The van der Waals surface area contributed by atoms with Gasteiger partial charge in [0.05, 0.1) is 5.52 Å². The second-order valence-corrected chi connectivity index (χ2v) is 5.46. The Kier molecular flexibility index (Phi) is 2.23. The monoisotopic (exact) mass is 267 g/mol. The van der Waals surface area contributed by atoms with Crippen LogP contribution in [-0.2, 0) is 0 Å². The zero-order valence-corrected chi connectivity index (χ0v) is 10.8. The molecule has 19 heavy (non-hydrogen) atoms. The first-order valence-corrected chi connectivity index (χ1v) is 6.94. The Hall–Kier alpha value is -2.13. The lowest BCUT2D eigenvalue weighted by Crippen LogP contribution is -1.83. The number of fused-ring (bicyclic) bond motifs is 2. The van der Waals surface area contributed by atoms with Crippen LogP contribution in [0.2, 0.25) is 0 Å². The summed E-state index contributed by atoms with van der Waals surface area (Å²) >= 11 is 1.69. The summed E-state index contributed by atoms with van der Waals surface area (Å²) in [5, 5.41) is 4.18. The summed E-state index contributed by atoms with van der Waals surface area (Å²) in [6.07, 6.45) is 1.85. The van der Waals surface area contributed by atoms with Crippen molar-refractivity contribution in [2.75, 3.05) is 0 Å². The van der Waals surface area contributed by atoms with Crippen LogP contribution in [0.25, 0.3) is 32.1 Å². The summed E-state index contributed by atoms with van der Waals surface area (Å²) in [7, 11) is 0. The molecule has 4 rings (SSSR count). The highest BCUT2D eigenvalue weighted by molar-refractivity contribution is 7.17. The average Bonchev–Trinajstić information content (AvgIpc) is 3.04. The van der Waals surface area contributed by atoms with E-state index in [2.05, 4.69) is 22.5 Å². The fourth-order valence-corrected chi connectivity index (χ4v) is 3.48. The Morgan fingerprint density at radius 2 is 1.89 bits per heavy atom. The van der Waals surface area contributed by atoms with Gasteiger partial charge in [-0.1, -0.05) is 18.2 Å². The zero-order valence-electron chi connectivity index (χ0n) is 9.98. The molecule has 0 saturated carbocycles. The number of H-pyrrole nitrogens is 1. The van der Waals surface area contributed by atoms with Gasteiger partial charge in [0, 0.05) is 27.4 Å². The minimum Gasteiger partial charge on any atom is -0.361 e. The molecule has 0 aliphatic heterocycles. The second-order valence-electron chi connectivity index (χ2n) is 4.54. The molecule has 0 spiro atoms. The number of aromatic amines is 1. The van der Waals surface area contributed by atoms with Gasteiger partial charge in [0.2, 0.25) is 0 Å². The van der Waals surface area contributed by atoms with Crippen molar-refractivity contribution in [1.29, 1.82) is 0 Å². The van der Waals surface area contributed by atoms with Gasteiger partial charge in [0.15, 0.2) is 0 Å². The molecule has 3 heteroatoms. The van der Waals surface area contributed by atoms with E-state index in [9.17, 15) is 4.39 Å². The fourth-order valence-electron chi connectivity index (χ4n) is 2.55. The number of rotatable bonds is 1. The van der Waals surface area contributed by atoms with Gasteiger partial charge in [-0.15, -0.1) is 11.3 Å². The van der Waals surface area contributed by atoms with Gasteiger partial charge in [0.25, 0.3) is 0 Å². The molecule has 2 aromatic carbocycles. The minimum atomic E-state index is -0.198. The summed E-state index contributed by atoms with van der Waals surface area (Å²) in [6, 6.07) is 13.3. The first-order valence-electron chi connectivity index (χ1n) is 6.06. The van der Waals surface area contributed by atoms with Crippen LogP contribution in [0.4, 0.5) is 4.39 Å². The van der Waals surface area contributed by atoms with Crippen molar-refractivity contribution >= 4 is 32.3 Å². The van der Waals surface area contributed by atoms with Crippen molar-refractivity contribution in [2.24, 2.45) is 0 Å². The quantitative estimate of drug-likeness (QED) is 0.488. The Bertz CT molecular complexity index is 888. The summed E-state index contributed by atoms with van der Waals surface area (Å²) < 4.78 is 15.0. The van der Waals surface area contributed by atoms with Gasteiger partial charge in [-0.25, -0.2) is 4.39 Å². The van der Waals surface area contributed by atoms with E-state index in [0.717, 1.165) is 22.0 Å². The van der Waals surface area contributed by atoms with E-state index in [1.165, 1.54) is 10.1 Å². The van der Waals surface area contributed by atoms with E-state index < -0.39 is 0 Å². The third kappa shape index (κ3) is 1.59. The second kappa shape index (κ2) is 3.93. The lowest BCUT2D eigenvalue weighted by Gasteiger charge is -2.06. The van der Waals surface area contributed by atoms with Crippen LogP contribution in [0, 0.1) is 5.82 Å². The van der Waals surface area contributed by atoms with E-state index in [1.807, 2.05) is 24.4 Å². The first-order chi connectivity index (χ1) is 9.33. The smallest absolute Gasteiger partial charge is 0.124 e. The largest absolute Gasteiger partial charge is 0.361 e. The molecule has 0 unspecified atom stereocenters. The van der Waals surface area contributed by atoms with Crippen LogP contribution in [0.1, 0.15) is 0 Å². The molecule has 0 saturated heterocycles. The number of hydrogen-bond acceptors (Lipinski definition) is 1. The Morgan fingerprint density at radius 3 is 2.84 bits per heavy atom. The minimum absolute atomic E-state index is 0.198. The third-order valence-corrected chi connectivity index (χ3v) is 4.36. The highest BCUT2D eigenvalue weighted by atomic mass is 32.1. The van der Waals surface area contributed by atoms with Gasteiger partial charge in [-0.2, -0.15) is 0 Å². The third-order valence-electron chi connectivity index (χ3n) is 3.39. The SMILES string of the molecule is Fc1cc(-c2cccc3ccsc23)c2[nH]ccc2c1. The molecule has 0 atom stereocenters. The molecular weight excluding hydrogens is 257 g/mol. The van der Waals surface area contributed by atoms with Crippen molar-refractivity contribution in [1.82, 2.24) is 4.98 Å². The van der Waals surface area contributed by atoms with Crippen LogP contribution in [0.3, 0.4) is 0 Å². The molecule has 0 fully saturated rings. The Balaban J connectivity index is 2.14. The van der Waals surface area contributed by atoms with Crippen LogP contribution in [-0.4, -0.2) is 4.98 Å². The summed E-state index contributed by atoms with van der Waals surface area (Å²) in [5.41, 5.74) is 3.00. The summed E-state index contributed by atoms with van der Waals surface area (Å²) in [6.45, 7) is 0. The lowest BCUT2D eigenvalue weighted by atomic mass is 10.0. The number of aromatic nitrogens is 1. The maximum Gasteiger partial charge on any atom is 0.124 e. The van der Waals surface area contributed by atoms with E-state index in [-0.39, 0.29) is 5.82 Å². The van der Waals surface area contributed by atoms with E-state index in [1.54, 1.807) is 23.5 Å². The molecule has 4 aromatic rings. The number of halogens is 1. The highest BCUT2D eigenvalue weighted by Gasteiger charge is 2.11. The molecule has 0 aliphatic carbocycles. The Labute approximate surface area is 113 Å². The molecule has 0 aliphatic rings. The highest BCUT2D eigenvalue weighted by Crippen LogP contribution is 2.36. The molecule has 0 amide bonds. The molecular formula is C16H10FNS. The number of thiophene rings is 1. The average molecular weight is 267 g/mol. The standard InChI is InChI=1S/C16H10FNS/c17-12-8-11-4-6-18-15(11)14(9-12)13-3-1-2-10-5-7-19-16(10)13/h1-9,18H. The number of nitrogens with one attached hydrogen (secondary N) is 1. The topological polar surface area (TPSA) is 15.8 Å². The molecule has 1 nitrogen and oxygen atoms in total. The van der Waals surface area contributed by atoms with E-state index in [4.69, 9.17) is 0 Å². The van der Waals surface area contributed by atoms with Crippen molar-refractivity contribution in [3.8, 4) is 11.1 Å². The molecule has 0 radical (unpaired) electrons. The molecule has 2 aromatic heterocycles. The first kappa shape index (κ1) is 10.8. The molecule has 92 valence electrons. The number of hydrogen-bond donors (Lipinski definition) is 1.